The first-order valence-electron chi connectivity index (χ1n) is 8.23. The van der Waals surface area contributed by atoms with Gasteiger partial charge in [-0.05, 0) is 38.5 Å². The van der Waals surface area contributed by atoms with Crippen molar-refractivity contribution < 1.29 is 14.2 Å². The maximum absolute atomic E-state index is 9.68. The molecule has 0 saturated carbocycles. The number of nitrogens with two attached hydrogens (primary N) is 1. The van der Waals surface area contributed by atoms with Gasteiger partial charge in [-0.1, -0.05) is 15.9 Å². The fourth-order valence-corrected chi connectivity index (χ4v) is 3.57. The molecule has 7 nitrogen and oxygen atoms in total. The third kappa shape index (κ3) is 2.99. The number of fused-ring (bicyclic) bond motifs is 1. The minimum Gasteiger partial charge on any atom is -0.490 e. The van der Waals surface area contributed by atoms with E-state index in [1.807, 2.05) is 32.9 Å². The van der Waals surface area contributed by atoms with Crippen molar-refractivity contribution in [1.82, 2.24) is 10.2 Å². The van der Waals surface area contributed by atoms with Crippen molar-refractivity contribution in [2.75, 3.05) is 13.2 Å². The lowest BCUT2D eigenvalue weighted by Crippen LogP contribution is -2.21. The Morgan fingerprint density at radius 3 is 2.58 bits per heavy atom. The summed E-state index contributed by atoms with van der Waals surface area (Å²) in [6.45, 7) is 6.71. The van der Waals surface area contributed by atoms with E-state index in [1.54, 1.807) is 0 Å². The molecule has 1 unspecified atom stereocenters. The predicted molar refractivity (Wildman–Crippen MR) is 99.1 cm³/mol. The number of aryl methyl sites for hydroxylation is 1. The van der Waals surface area contributed by atoms with Gasteiger partial charge in [0, 0.05) is 15.7 Å². The van der Waals surface area contributed by atoms with Crippen LogP contribution in [-0.4, -0.2) is 23.4 Å². The summed E-state index contributed by atoms with van der Waals surface area (Å²) in [6, 6.07) is 5.89. The van der Waals surface area contributed by atoms with E-state index in [0.29, 0.717) is 36.2 Å². The minimum absolute atomic E-state index is 0.0512. The fourth-order valence-electron chi connectivity index (χ4n) is 3.02. The van der Waals surface area contributed by atoms with Gasteiger partial charge in [-0.25, -0.2) is 0 Å². The van der Waals surface area contributed by atoms with Crippen molar-refractivity contribution >= 4 is 15.9 Å². The number of H-pyrrole nitrogens is 1. The number of ether oxygens (including phenoxy) is 3. The van der Waals surface area contributed by atoms with Gasteiger partial charge in [-0.2, -0.15) is 5.26 Å². The number of rotatable bonds is 5. The lowest BCUT2D eigenvalue weighted by Gasteiger charge is -2.25. The molecule has 1 aromatic heterocycles. The molecule has 0 saturated heterocycles. The van der Waals surface area contributed by atoms with Crippen LogP contribution in [-0.2, 0) is 0 Å². The molecule has 136 valence electrons. The Labute approximate surface area is 159 Å². The highest BCUT2D eigenvalue weighted by atomic mass is 79.9. The molecule has 0 spiro atoms. The molecule has 1 aliphatic heterocycles. The summed E-state index contributed by atoms with van der Waals surface area (Å²) in [5.74, 6) is 1.25. The highest BCUT2D eigenvalue weighted by molar-refractivity contribution is 9.10. The largest absolute Gasteiger partial charge is 0.490 e. The number of benzene rings is 1. The average molecular weight is 419 g/mol. The molecule has 0 amide bonds. The number of nitrogens with zero attached hydrogens (tertiary/aromatic N) is 2. The van der Waals surface area contributed by atoms with Gasteiger partial charge in [0.1, 0.15) is 11.6 Å². The minimum atomic E-state index is -0.424. The number of aromatic nitrogens is 2. The van der Waals surface area contributed by atoms with Gasteiger partial charge in [-0.3, -0.25) is 5.10 Å². The van der Waals surface area contributed by atoms with Crippen LogP contribution < -0.4 is 19.9 Å². The Morgan fingerprint density at radius 1 is 1.31 bits per heavy atom. The van der Waals surface area contributed by atoms with Crippen LogP contribution in [0, 0.1) is 18.3 Å². The first-order valence-corrected chi connectivity index (χ1v) is 9.02. The van der Waals surface area contributed by atoms with E-state index in [-0.39, 0.29) is 5.88 Å². The number of hydrogen-bond acceptors (Lipinski definition) is 6. The highest BCUT2D eigenvalue weighted by Gasteiger charge is 2.35. The van der Waals surface area contributed by atoms with Gasteiger partial charge in [-0.15, -0.1) is 5.10 Å². The van der Waals surface area contributed by atoms with Crippen LogP contribution >= 0.6 is 15.9 Å². The van der Waals surface area contributed by atoms with Crippen LogP contribution in [0.2, 0.25) is 0 Å². The van der Waals surface area contributed by atoms with Crippen LogP contribution in [0.4, 0.5) is 0 Å². The van der Waals surface area contributed by atoms with Crippen LogP contribution in [0.15, 0.2) is 28.1 Å². The first kappa shape index (κ1) is 18.1. The van der Waals surface area contributed by atoms with Crippen LogP contribution in [0.3, 0.4) is 0 Å². The van der Waals surface area contributed by atoms with E-state index in [4.69, 9.17) is 19.9 Å². The van der Waals surface area contributed by atoms with E-state index in [2.05, 4.69) is 32.2 Å². The van der Waals surface area contributed by atoms with Crippen LogP contribution in [0.5, 0.6) is 17.4 Å². The maximum atomic E-state index is 9.68. The Morgan fingerprint density at radius 2 is 1.96 bits per heavy atom. The fraction of sp³-hybridized carbons (Fsp3) is 0.333. The second-order valence-corrected chi connectivity index (χ2v) is 6.53. The third-order valence-electron chi connectivity index (χ3n) is 4.10. The molecule has 3 N–H and O–H groups in total. The van der Waals surface area contributed by atoms with Crippen molar-refractivity contribution in [2.45, 2.75) is 26.7 Å². The molecule has 2 aromatic rings. The molecule has 1 aromatic carbocycles. The number of aromatic amines is 1. The van der Waals surface area contributed by atoms with Crippen molar-refractivity contribution in [3.05, 3.63) is 44.9 Å². The molecule has 26 heavy (non-hydrogen) atoms. The lowest BCUT2D eigenvalue weighted by molar-refractivity contribution is 0.287. The Bertz CT molecular complexity index is 914. The van der Waals surface area contributed by atoms with Gasteiger partial charge in [0.25, 0.3) is 0 Å². The number of halogens is 1. The molecule has 1 atom stereocenters. The van der Waals surface area contributed by atoms with E-state index in [0.717, 1.165) is 21.3 Å². The summed E-state index contributed by atoms with van der Waals surface area (Å²) in [5.41, 5.74) is 8.72. The normalized spacial score (nSPS) is 15.9. The second kappa shape index (κ2) is 7.30. The van der Waals surface area contributed by atoms with Crippen molar-refractivity contribution in [1.29, 1.82) is 5.26 Å². The molecule has 3 rings (SSSR count). The lowest BCUT2D eigenvalue weighted by atomic mass is 9.84. The van der Waals surface area contributed by atoms with Gasteiger partial charge in [0.2, 0.25) is 11.8 Å². The average Bonchev–Trinajstić information content (AvgIpc) is 2.97. The van der Waals surface area contributed by atoms with E-state index >= 15 is 0 Å². The van der Waals surface area contributed by atoms with E-state index in [1.165, 1.54) is 0 Å². The van der Waals surface area contributed by atoms with Crippen molar-refractivity contribution in [3.8, 4) is 23.4 Å². The summed E-state index contributed by atoms with van der Waals surface area (Å²) in [7, 11) is 0. The standard InChI is InChI=1S/C18H19BrN4O3/c1-4-24-13-6-10(12(19)7-14(13)25-5-2)16-11(8-20)17(21)26-18-15(16)9(3)22-23-18/h6-7,16H,4-5,21H2,1-3H3,(H,22,23). The number of nitriles is 1. The molecule has 0 aliphatic carbocycles. The molecule has 8 heteroatoms. The monoisotopic (exact) mass is 418 g/mol. The quantitative estimate of drug-likeness (QED) is 0.769. The third-order valence-corrected chi connectivity index (χ3v) is 4.79. The Hall–Kier alpha value is -2.66. The molecular weight excluding hydrogens is 400 g/mol. The van der Waals surface area contributed by atoms with Crippen molar-refractivity contribution in [2.24, 2.45) is 5.73 Å². The van der Waals surface area contributed by atoms with Gasteiger partial charge in [0.05, 0.1) is 19.1 Å². The predicted octanol–water partition coefficient (Wildman–Crippen LogP) is 3.50. The SMILES string of the molecule is CCOc1cc(Br)c(C2C(C#N)=C(N)Oc3n[nH]c(C)c32)cc1OCC. The first-order chi connectivity index (χ1) is 12.5. The smallest absolute Gasteiger partial charge is 0.244 e. The summed E-state index contributed by atoms with van der Waals surface area (Å²) in [5, 5.41) is 16.7. The zero-order valence-electron chi connectivity index (χ0n) is 14.7. The number of allylic oxidation sites excluding steroid dienone is 1. The summed E-state index contributed by atoms with van der Waals surface area (Å²) >= 11 is 3.60. The van der Waals surface area contributed by atoms with E-state index < -0.39 is 5.92 Å². The number of nitrogens with one attached hydrogen (secondary N) is 1. The maximum Gasteiger partial charge on any atom is 0.244 e. The molecule has 1 aliphatic rings. The zero-order valence-corrected chi connectivity index (χ0v) is 16.3. The van der Waals surface area contributed by atoms with Gasteiger partial charge < -0.3 is 19.9 Å². The topological polar surface area (TPSA) is 106 Å². The van der Waals surface area contributed by atoms with Crippen molar-refractivity contribution in [3.63, 3.8) is 0 Å². The molecule has 0 bridgehead atoms. The molecule has 0 fully saturated rings. The molecule has 2 heterocycles. The second-order valence-electron chi connectivity index (χ2n) is 5.68. The highest BCUT2D eigenvalue weighted by Crippen LogP contribution is 2.47. The summed E-state index contributed by atoms with van der Waals surface area (Å²) < 4.78 is 17.7. The number of hydrogen-bond donors (Lipinski definition) is 2. The Kier molecular flexibility index (Phi) is 5.09. The summed E-state index contributed by atoms with van der Waals surface area (Å²) in [4.78, 5) is 0. The molecular formula is C18H19BrN4O3. The zero-order chi connectivity index (χ0) is 18.8. The molecule has 0 radical (unpaired) electrons. The van der Waals surface area contributed by atoms with Gasteiger partial charge >= 0.3 is 0 Å². The summed E-state index contributed by atoms with van der Waals surface area (Å²) in [6.07, 6.45) is 0. The Balaban J connectivity index is 2.22. The van der Waals surface area contributed by atoms with Gasteiger partial charge in [0.15, 0.2) is 11.5 Å². The van der Waals surface area contributed by atoms with E-state index in [9.17, 15) is 5.26 Å². The van der Waals surface area contributed by atoms with Crippen LogP contribution in [0.1, 0.15) is 36.6 Å². The van der Waals surface area contributed by atoms with Crippen LogP contribution in [0.25, 0.3) is 0 Å².